The van der Waals surface area contributed by atoms with Gasteiger partial charge in [-0.25, -0.2) is 4.98 Å². The molecule has 6 heteroatoms. The number of nitrogens with zero attached hydrogens (tertiary/aromatic N) is 4. The van der Waals surface area contributed by atoms with Crippen LogP contribution in [0.15, 0.2) is 73.2 Å². The average molecular weight is 432 g/mol. The first-order valence-electron chi connectivity index (χ1n) is 11.5. The van der Waals surface area contributed by atoms with Crippen LogP contribution >= 0.6 is 0 Å². The maximum Gasteiger partial charge on any atom is 0.221 e. The van der Waals surface area contributed by atoms with Gasteiger partial charge in [0, 0.05) is 58.4 Å². The lowest BCUT2D eigenvalue weighted by molar-refractivity contribution is -0.121. The van der Waals surface area contributed by atoms with Crippen molar-refractivity contribution in [2.45, 2.75) is 25.9 Å². The van der Waals surface area contributed by atoms with E-state index in [4.69, 9.17) is 0 Å². The molecule has 4 rings (SSSR count). The molecule has 1 aromatic heterocycles. The maximum atomic E-state index is 12.1. The van der Waals surface area contributed by atoms with Gasteiger partial charge < -0.3 is 9.88 Å². The fourth-order valence-corrected chi connectivity index (χ4v) is 4.40. The lowest BCUT2D eigenvalue weighted by Crippen LogP contribution is -2.49. The van der Waals surface area contributed by atoms with Crippen molar-refractivity contribution in [3.05, 3.63) is 90.0 Å². The van der Waals surface area contributed by atoms with E-state index in [1.165, 1.54) is 11.1 Å². The van der Waals surface area contributed by atoms with Gasteiger partial charge in [-0.15, -0.1) is 0 Å². The van der Waals surface area contributed by atoms with Crippen LogP contribution in [-0.4, -0.2) is 64.5 Å². The monoisotopic (exact) mass is 431 g/mol. The van der Waals surface area contributed by atoms with Crippen LogP contribution in [0.1, 0.15) is 29.3 Å². The van der Waals surface area contributed by atoms with E-state index in [2.05, 4.69) is 80.8 Å². The van der Waals surface area contributed by atoms with Crippen molar-refractivity contribution >= 4 is 5.91 Å². The zero-order valence-corrected chi connectivity index (χ0v) is 18.9. The van der Waals surface area contributed by atoms with Gasteiger partial charge in [-0.05, 0) is 18.1 Å². The van der Waals surface area contributed by atoms with Gasteiger partial charge in [0.1, 0.15) is 0 Å². The summed E-state index contributed by atoms with van der Waals surface area (Å²) in [5, 5.41) is 3.06. The molecule has 1 fully saturated rings. The van der Waals surface area contributed by atoms with E-state index < -0.39 is 0 Å². The average Bonchev–Trinajstić information content (AvgIpc) is 3.25. The fraction of sp³-hybridized carbons (Fsp3) is 0.385. The van der Waals surface area contributed by atoms with Crippen LogP contribution in [-0.2, 0) is 11.3 Å². The molecule has 2 aromatic carbocycles. The number of hydrogen-bond donors (Lipinski definition) is 1. The predicted molar refractivity (Wildman–Crippen MR) is 127 cm³/mol. The second-order valence-electron chi connectivity index (χ2n) is 8.45. The number of imidazole rings is 1. The minimum absolute atomic E-state index is 0.100. The van der Waals surface area contributed by atoms with E-state index in [1.54, 1.807) is 6.33 Å². The minimum Gasteiger partial charge on any atom is -0.355 e. The number of carbonyl (C=O) groups excluding carboxylic acids is 1. The number of rotatable bonds is 9. The Labute approximate surface area is 190 Å². The molecule has 3 aromatic rings. The number of aromatic nitrogens is 2. The number of aryl methyl sites for hydroxylation is 2. The fourth-order valence-electron chi connectivity index (χ4n) is 4.40. The highest BCUT2D eigenvalue weighted by molar-refractivity contribution is 5.75. The van der Waals surface area contributed by atoms with Crippen LogP contribution in [0.3, 0.4) is 0 Å². The van der Waals surface area contributed by atoms with Gasteiger partial charge in [0.15, 0.2) is 0 Å². The van der Waals surface area contributed by atoms with E-state index in [0.717, 1.165) is 38.4 Å². The molecule has 0 aliphatic carbocycles. The molecule has 0 bridgehead atoms. The Morgan fingerprint density at radius 1 is 0.938 bits per heavy atom. The molecule has 1 N–H and O–H groups in total. The van der Waals surface area contributed by atoms with Crippen LogP contribution in [0, 0.1) is 6.92 Å². The Morgan fingerprint density at radius 3 is 2.12 bits per heavy atom. The summed E-state index contributed by atoms with van der Waals surface area (Å²) in [6.07, 6.45) is 4.23. The van der Waals surface area contributed by atoms with Crippen molar-refractivity contribution in [2.24, 2.45) is 0 Å². The SMILES string of the molecule is Cc1cn(CCC(=O)NCCN2CCN(C(c3ccccc3)c3ccccc3)CC2)cn1. The number of hydrogen-bond acceptors (Lipinski definition) is 4. The number of carbonyl (C=O) groups is 1. The van der Waals surface area contributed by atoms with Crippen LogP contribution < -0.4 is 5.32 Å². The minimum atomic E-state index is 0.100. The molecule has 0 radical (unpaired) electrons. The maximum absolute atomic E-state index is 12.1. The molecular weight excluding hydrogens is 398 g/mol. The number of nitrogens with one attached hydrogen (secondary N) is 1. The highest BCUT2D eigenvalue weighted by atomic mass is 16.1. The Balaban J connectivity index is 1.23. The second-order valence-corrected chi connectivity index (χ2v) is 8.45. The molecule has 1 aliphatic rings. The van der Waals surface area contributed by atoms with Crippen molar-refractivity contribution in [3.8, 4) is 0 Å². The van der Waals surface area contributed by atoms with E-state index in [0.29, 0.717) is 19.5 Å². The van der Waals surface area contributed by atoms with Crippen LogP contribution in [0.2, 0.25) is 0 Å². The summed E-state index contributed by atoms with van der Waals surface area (Å²) in [5.41, 5.74) is 3.66. The summed E-state index contributed by atoms with van der Waals surface area (Å²) in [7, 11) is 0. The molecular formula is C26H33N5O. The normalized spacial score (nSPS) is 15.2. The van der Waals surface area contributed by atoms with E-state index in [-0.39, 0.29) is 11.9 Å². The standard InChI is InChI=1S/C26H33N5O/c1-22-20-30(21-28-22)14-12-25(32)27-13-15-29-16-18-31(19-17-29)26(23-8-4-2-5-9-23)24-10-6-3-7-11-24/h2-11,20-21,26H,12-19H2,1H3,(H,27,32). The lowest BCUT2D eigenvalue weighted by Gasteiger charge is -2.39. The largest absolute Gasteiger partial charge is 0.355 e. The third-order valence-electron chi connectivity index (χ3n) is 6.11. The highest BCUT2D eigenvalue weighted by Gasteiger charge is 2.26. The van der Waals surface area contributed by atoms with Crippen LogP contribution in [0.4, 0.5) is 0 Å². The van der Waals surface area contributed by atoms with E-state index >= 15 is 0 Å². The summed E-state index contributed by atoms with van der Waals surface area (Å²) >= 11 is 0. The number of piperazine rings is 1. The quantitative estimate of drug-likeness (QED) is 0.566. The van der Waals surface area contributed by atoms with E-state index in [1.807, 2.05) is 17.7 Å². The van der Waals surface area contributed by atoms with Crippen LogP contribution in [0.25, 0.3) is 0 Å². The molecule has 0 atom stereocenters. The van der Waals surface area contributed by atoms with Gasteiger partial charge in [0.2, 0.25) is 5.91 Å². The topological polar surface area (TPSA) is 53.4 Å². The van der Waals surface area contributed by atoms with Gasteiger partial charge in [0.25, 0.3) is 0 Å². The van der Waals surface area contributed by atoms with Crippen molar-refractivity contribution in [1.82, 2.24) is 24.7 Å². The second kappa shape index (κ2) is 11.1. The highest BCUT2D eigenvalue weighted by Crippen LogP contribution is 2.29. The third kappa shape index (κ3) is 6.05. The van der Waals surface area contributed by atoms with Crippen molar-refractivity contribution in [2.75, 3.05) is 39.3 Å². The van der Waals surface area contributed by atoms with Crippen LogP contribution in [0.5, 0.6) is 0 Å². The molecule has 1 amide bonds. The van der Waals surface area contributed by atoms with Gasteiger partial charge in [-0.3, -0.25) is 14.6 Å². The summed E-state index contributed by atoms with van der Waals surface area (Å²) in [5.74, 6) is 0.100. The molecule has 1 aliphatic heterocycles. The molecule has 6 nitrogen and oxygen atoms in total. The predicted octanol–water partition coefficient (Wildman–Crippen LogP) is 3.11. The molecule has 0 saturated carbocycles. The molecule has 0 spiro atoms. The van der Waals surface area contributed by atoms with Gasteiger partial charge in [-0.1, -0.05) is 60.7 Å². The zero-order chi connectivity index (χ0) is 22.2. The Hall–Kier alpha value is -2.96. The summed E-state index contributed by atoms with van der Waals surface area (Å²) in [4.78, 5) is 21.4. The molecule has 32 heavy (non-hydrogen) atoms. The summed E-state index contributed by atoms with van der Waals surface area (Å²) < 4.78 is 1.96. The molecule has 1 saturated heterocycles. The van der Waals surface area contributed by atoms with Crippen molar-refractivity contribution < 1.29 is 4.79 Å². The Bertz CT molecular complexity index is 925. The Morgan fingerprint density at radius 2 is 1.56 bits per heavy atom. The smallest absolute Gasteiger partial charge is 0.221 e. The van der Waals surface area contributed by atoms with E-state index in [9.17, 15) is 4.79 Å². The number of amides is 1. The zero-order valence-electron chi connectivity index (χ0n) is 18.9. The first-order chi connectivity index (χ1) is 15.7. The first kappa shape index (κ1) is 22.2. The first-order valence-corrected chi connectivity index (χ1v) is 11.5. The number of benzene rings is 2. The van der Waals surface area contributed by atoms with Crippen molar-refractivity contribution in [1.29, 1.82) is 0 Å². The van der Waals surface area contributed by atoms with Crippen molar-refractivity contribution in [3.63, 3.8) is 0 Å². The molecule has 2 heterocycles. The summed E-state index contributed by atoms with van der Waals surface area (Å²) in [6.45, 7) is 8.28. The van der Waals surface area contributed by atoms with Gasteiger partial charge in [0.05, 0.1) is 18.1 Å². The summed E-state index contributed by atoms with van der Waals surface area (Å²) in [6, 6.07) is 21.8. The van der Waals surface area contributed by atoms with Gasteiger partial charge in [-0.2, -0.15) is 0 Å². The Kier molecular flexibility index (Phi) is 7.69. The molecule has 168 valence electrons. The van der Waals surface area contributed by atoms with Gasteiger partial charge >= 0.3 is 0 Å². The lowest BCUT2D eigenvalue weighted by atomic mass is 9.96. The molecule has 0 unspecified atom stereocenters. The third-order valence-corrected chi connectivity index (χ3v) is 6.11.